The van der Waals surface area contributed by atoms with E-state index in [2.05, 4.69) is 39.7 Å². The molecule has 3 aromatic rings. The van der Waals surface area contributed by atoms with Gasteiger partial charge < -0.3 is 5.31 Å². The van der Waals surface area contributed by atoms with Gasteiger partial charge in [0.1, 0.15) is 13.6 Å². The van der Waals surface area contributed by atoms with Crippen LogP contribution >= 0.6 is 0 Å². The predicted octanol–water partition coefficient (Wildman–Crippen LogP) is 2.63. The average molecular weight is 265 g/mol. The SMILES string of the molecule is [2H]N1Cc2ncn(-c3cc4ccccc4cn3)c2C(C)C1. The first kappa shape index (κ1) is 10.6. The van der Waals surface area contributed by atoms with E-state index in [9.17, 15) is 0 Å². The van der Waals surface area contributed by atoms with Gasteiger partial charge in [-0.1, -0.05) is 31.2 Å². The molecule has 3 heterocycles. The molecule has 1 unspecified atom stereocenters. The molecule has 0 saturated carbocycles. The molecule has 0 saturated heterocycles. The summed E-state index contributed by atoms with van der Waals surface area (Å²) in [6.45, 7) is 3.45. The Kier molecular flexibility index (Phi) is 2.34. The molecule has 1 aliphatic heterocycles. The lowest BCUT2D eigenvalue weighted by atomic mass is 10.0. The Balaban J connectivity index is 1.86. The summed E-state index contributed by atoms with van der Waals surface area (Å²) in [5.41, 5.74) is 2.17. The zero-order chi connectivity index (χ0) is 14.4. The average Bonchev–Trinajstić information content (AvgIpc) is 2.90. The van der Waals surface area contributed by atoms with E-state index in [4.69, 9.17) is 1.41 Å². The number of aromatic nitrogens is 3. The maximum Gasteiger partial charge on any atom is 0.138 e. The van der Waals surface area contributed by atoms with Gasteiger partial charge in [0.15, 0.2) is 0 Å². The van der Waals surface area contributed by atoms with E-state index in [1.165, 1.54) is 11.1 Å². The van der Waals surface area contributed by atoms with Gasteiger partial charge in [0, 0.05) is 30.6 Å². The summed E-state index contributed by atoms with van der Waals surface area (Å²) in [4.78, 5) is 9.05. The third-order valence-electron chi connectivity index (χ3n) is 3.88. The van der Waals surface area contributed by atoms with Gasteiger partial charge >= 0.3 is 0 Å². The fourth-order valence-electron chi connectivity index (χ4n) is 2.88. The van der Waals surface area contributed by atoms with E-state index in [1.807, 2.05) is 24.7 Å². The highest BCUT2D eigenvalue weighted by molar-refractivity contribution is 5.82. The summed E-state index contributed by atoms with van der Waals surface area (Å²) in [6.07, 6.45) is 3.73. The van der Waals surface area contributed by atoms with Crippen LogP contribution in [-0.4, -0.2) is 21.1 Å². The number of pyridine rings is 1. The van der Waals surface area contributed by atoms with Gasteiger partial charge in [0.25, 0.3) is 0 Å². The normalized spacial score (nSPS) is 19.9. The largest absolute Gasteiger partial charge is 0.310 e. The zero-order valence-corrected chi connectivity index (χ0v) is 11.3. The minimum atomic E-state index is 0.280. The lowest BCUT2D eigenvalue weighted by molar-refractivity contribution is 0.547. The number of nitrogens with zero attached hydrogens (tertiary/aromatic N) is 3. The van der Waals surface area contributed by atoms with E-state index < -0.39 is 0 Å². The third kappa shape index (κ3) is 1.72. The van der Waals surface area contributed by atoms with Crippen LogP contribution in [0.2, 0.25) is 1.41 Å². The fourth-order valence-corrected chi connectivity index (χ4v) is 2.88. The zero-order valence-electron chi connectivity index (χ0n) is 12.3. The lowest BCUT2D eigenvalue weighted by Crippen LogP contribution is -2.28. The molecule has 100 valence electrons. The van der Waals surface area contributed by atoms with Crippen LogP contribution in [0.5, 0.6) is 0 Å². The van der Waals surface area contributed by atoms with Crippen LogP contribution in [0.25, 0.3) is 16.6 Å². The van der Waals surface area contributed by atoms with Crippen molar-refractivity contribution in [3.8, 4) is 5.82 Å². The summed E-state index contributed by atoms with van der Waals surface area (Å²) < 4.78 is 9.89. The highest BCUT2D eigenvalue weighted by Crippen LogP contribution is 2.26. The Morgan fingerprint density at radius 3 is 3.05 bits per heavy atom. The number of benzene rings is 1. The number of nitrogens with one attached hydrogen (secondary N) is 1. The summed E-state index contributed by atoms with van der Waals surface area (Å²) >= 11 is 0. The summed E-state index contributed by atoms with van der Waals surface area (Å²) in [5, 5.41) is 3.88. The van der Waals surface area contributed by atoms with Crippen molar-refractivity contribution in [2.24, 2.45) is 0 Å². The Labute approximate surface area is 118 Å². The Bertz CT molecular complexity index is 811. The minimum Gasteiger partial charge on any atom is -0.310 e. The van der Waals surface area contributed by atoms with E-state index in [0.29, 0.717) is 6.54 Å². The number of rotatable bonds is 1. The quantitative estimate of drug-likeness (QED) is 0.735. The molecule has 1 atom stereocenters. The van der Waals surface area contributed by atoms with Gasteiger partial charge in [-0.25, -0.2) is 9.97 Å². The summed E-state index contributed by atoms with van der Waals surface area (Å²) in [5.74, 6) is 1.18. The molecule has 4 heteroatoms. The number of fused-ring (bicyclic) bond motifs is 2. The molecule has 0 aliphatic carbocycles. The van der Waals surface area contributed by atoms with Crippen LogP contribution in [0.3, 0.4) is 0 Å². The molecule has 2 aromatic heterocycles. The standard InChI is InChI=1S/C16H16N4/c1-11-7-17-9-14-16(11)20(10-19-14)15-6-12-4-2-3-5-13(12)8-18-15/h2-6,8,10-11,17H,7,9H2,1H3/i/hD. The molecule has 0 radical (unpaired) electrons. The molecule has 0 bridgehead atoms. The fraction of sp³-hybridized carbons (Fsp3) is 0.250. The van der Waals surface area contributed by atoms with E-state index in [1.54, 1.807) is 5.31 Å². The van der Waals surface area contributed by atoms with Gasteiger partial charge in [-0.2, -0.15) is 0 Å². The lowest BCUT2D eigenvalue weighted by Gasteiger charge is -2.21. The van der Waals surface area contributed by atoms with Crippen LogP contribution in [0, 0.1) is 0 Å². The van der Waals surface area contributed by atoms with Crippen molar-refractivity contribution in [1.29, 1.82) is 0 Å². The Morgan fingerprint density at radius 1 is 1.30 bits per heavy atom. The van der Waals surface area contributed by atoms with Crippen LogP contribution in [0.1, 0.15) is 24.2 Å². The highest BCUT2D eigenvalue weighted by atomic mass is 15.1. The van der Waals surface area contributed by atoms with Crippen molar-refractivity contribution >= 4 is 10.8 Å². The first-order chi connectivity index (χ1) is 10.2. The minimum absolute atomic E-state index is 0.280. The molecular formula is C16H16N4. The first-order valence-electron chi connectivity index (χ1n) is 7.32. The Morgan fingerprint density at radius 2 is 2.15 bits per heavy atom. The van der Waals surface area contributed by atoms with Crippen molar-refractivity contribution in [2.45, 2.75) is 19.4 Å². The molecule has 0 spiro atoms. The number of hydrogen-bond acceptors (Lipinski definition) is 3. The van der Waals surface area contributed by atoms with Gasteiger partial charge in [-0.15, -0.1) is 0 Å². The second kappa shape index (κ2) is 4.42. The van der Waals surface area contributed by atoms with Crippen molar-refractivity contribution < 1.29 is 1.41 Å². The molecular weight excluding hydrogens is 248 g/mol. The van der Waals surface area contributed by atoms with E-state index >= 15 is 0 Å². The Hall–Kier alpha value is -2.20. The molecule has 1 N–H and O–H groups in total. The van der Waals surface area contributed by atoms with Crippen molar-refractivity contribution in [3.63, 3.8) is 0 Å². The highest BCUT2D eigenvalue weighted by Gasteiger charge is 2.22. The van der Waals surface area contributed by atoms with Gasteiger partial charge in [0.05, 0.1) is 11.4 Å². The summed E-state index contributed by atoms with van der Waals surface area (Å²) in [7, 11) is 0. The molecule has 1 aromatic carbocycles. The van der Waals surface area contributed by atoms with Crippen LogP contribution in [-0.2, 0) is 6.54 Å². The van der Waals surface area contributed by atoms with Gasteiger partial charge in [-0.05, 0) is 11.5 Å². The molecule has 0 fully saturated rings. The van der Waals surface area contributed by atoms with Crippen molar-refractivity contribution in [2.75, 3.05) is 6.54 Å². The van der Waals surface area contributed by atoms with Crippen LogP contribution in [0.15, 0.2) is 42.9 Å². The van der Waals surface area contributed by atoms with Gasteiger partial charge in [0.2, 0.25) is 0 Å². The van der Waals surface area contributed by atoms with Crippen LogP contribution in [0.4, 0.5) is 0 Å². The smallest absolute Gasteiger partial charge is 0.138 e. The van der Waals surface area contributed by atoms with Gasteiger partial charge in [-0.3, -0.25) is 4.57 Å². The number of imidazole rings is 1. The van der Waals surface area contributed by atoms with Crippen molar-refractivity contribution in [1.82, 2.24) is 19.8 Å². The second-order valence-corrected chi connectivity index (χ2v) is 5.30. The molecule has 20 heavy (non-hydrogen) atoms. The number of hydrogen-bond donors (Lipinski definition) is 1. The first-order valence-corrected chi connectivity index (χ1v) is 6.87. The third-order valence-corrected chi connectivity index (χ3v) is 3.88. The maximum atomic E-state index is 7.82. The molecule has 4 nitrogen and oxygen atoms in total. The molecule has 0 amide bonds. The maximum absolute atomic E-state index is 7.82. The predicted molar refractivity (Wildman–Crippen MR) is 79.0 cm³/mol. The van der Waals surface area contributed by atoms with Crippen molar-refractivity contribution in [3.05, 3.63) is 54.2 Å². The van der Waals surface area contributed by atoms with E-state index in [-0.39, 0.29) is 5.92 Å². The monoisotopic (exact) mass is 265 g/mol. The second-order valence-electron chi connectivity index (χ2n) is 5.30. The summed E-state index contributed by atoms with van der Waals surface area (Å²) in [6, 6.07) is 10.3. The topological polar surface area (TPSA) is 42.7 Å². The van der Waals surface area contributed by atoms with Crippen LogP contribution < -0.4 is 5.31 Å². The molecule has 4 rings (SSSR count). The van der Waals surface area contributed by atoms with E-state index in [0.717, 1.165) is 23.4 Å². The molecule has 1 aliphatic rings.